The number of hydrogen-bond acceptors (Lipinski definition) is 6. The zero-order valence-electron chi connectivity index (χ0n) is 19.9. The summed E-state index contributed by atoms with van der Waals surface area (Å²) in [6, 6.07) is 11.1. The van der Waals surface area contributed by atoms with E-state index in [4.69, 9.17) is 4.74 Å². The number of hydrogen-bond donors (Lipinski definition) is 4. The van der Waals surface area contributed by atoms with Gasteiger partial charge >= 0.3 is 5.97 Å². The molecule has 0 aliphatic heterocycles. The van der Waals surface area contributed by atoms with E-state index >= 15 is 0 Å². The number of carboxylic acids is 1. The van der Waals surface area contributed by atoms with E-state index in [1.165, 1.54) is 18.2 Å². The number of ether oxygens (including phenoxy) is 1. The molecule has 0 spiro atoms. The minimum Gasteiger partial charge on any atom is -0.507 e. The highest BCUT2D eigenvalue weighted by atomic mass is 16.5. The maximum absolute atomic E-state index is 12.5. The zero-order valence-corrected chi connectivity index (χ0v) is 19.9. The fraction of sp³-hybridized carbons (Fsp3) is 0.357. The molecule has 3 rings (SSSR count). The Morgan fingerprint density at radius 3 is 2.23 bits per heavy atom. The van der Waals surface area contributed by atoms with Crippen molar-refractivity contribution in [3.05, 3.63) is 59.2 Å². The number of Topliss-reactive ketones (excluding diaryl/α,β-unsaturated/α-hetero) is 1. The highest BCUT2D eigenvalue weighted by Gasteiger charge is 2.17. The topological polar surface area (TPSA) is 124 Å². The van der Waals surface area contributed by atoms with Crippen LogP contribution in [0, 0.1) is 0 Å². The Labute approximate surface area is 204 Å². The zero-order chi connectivity index (χ0) is 25.4. The Hall–Kier alpha value is -3.74. The highest BCUT2D eigenvalue weighted by Crippen LogP contribution is 2.33. The van der Waals surface area contributed by atoms with Crippen LogP contribution in [-0.2, 0) is 6.42 Å². The van der Waals surface area contributed by atoms with Gasteiger partial charge in [-0.15, -0.1) is 0 Å². The first-order chi connectivity index (χ1) is 16.8. The van der Waals surface area contributed by atoms with Crippen molar-refractivity contribution in [1.29, 1.82) is 0 Å². The lowest BCUT2D eigenvalue weighted by atomic mass is 10.00. The largest absolute Gasteiger partial charge is 0.507 e. The van der Waals surface area contributed by atoms with Gasteiger partial charge in [0.25, 0.3) is 0 Å². The molecule has 35 heavy (non-hydrogen) atoms. The lowest BCUT2D eigenvalue weighted by Crippen LogP contribution is -2.04. The summed E-state index contributed by atoms with van der Waals surface area (Å²) in [5.74, 6) is -1.19. The van der Waals surface area contributed by atoms with Gasteiger partial charge in [0.05, 0.1) is 6.61 Å². The molecular weight excluding hydrogens is 448 g/mol. The normalized spacial score (nSPS) is 11.0. The van der Waals surface area contributed by atoms with E-state index in [-0.39, 0.29) is 28.6 Å². The number of carboxylic acid groups (broad SMARTS) is 1. The number of carbonyl (C=O) groups excluding carboxylic acids is 1. The van der Waals surface area contributed by atoms with Gasteiger partial charge < -0.3 is 25.2 Å². The van der Waals surface area contributed by atoms with Gasteiger partial charge in [-0.1, -0.05) is 44.7 Å². The number of unbranched alkanes of at least 4 members (excludes halogenated alkanes) is 4. The first-order valence-electron chi connectivity index (χ1n) is 12.0. The Morgan fingerprint density at radius 2 is 1.51 bits per heavy atom. The monoisotopic (exact) mass is 480 g/mol. The smallest absolute Gasteiger partial charge is 0.339 e. The molecule has 0 heterocycles. The van der Waals surface area contributed by atoms with Crippen molar-refractivity contribution in [2.45, 2.75) is 58.3 Å². The number of ketones is 1. The van der Waals surface area contributed by atoms with E-state index in [1.807, 2.05) is 6.92 Å². The summed E-state index contributed by atoms with van der Waals surface area (Å²) < 4.78 is 5.82. The van der Waals surface area contributed by atoms with Gasteiger partial charge in [-0.05, 0) is 60.4 Å². The fourth-order valence-corrected chi connectivity index (χ4v) is 4.11. The molecule has 0 bridgehead atoms. The van der Waals surface area contributed by atoms with Crippen molar-refractivity contribution in [2.24, 2.45) is 0 Å². The van der Waals surface area contributed by atoms with Crippen LogP contribution in [-0.4, -0.2) is 38.8 Å². The number of benzene rings is 3. The standard InChI is InChI=1S/C28H32O7/c1-2-8-21-26(13-12-22(27(21)32)28(33)34)35-14-7-5-3-4-6-9-23(29)19-11-10-18-16-24(30)25(31)17-20(18)15-19/h10-13,15-17,30-32H,2-9,14H2,1H3,(H,33,34). The SMILES string of the molecule is CCCc1c(OCCCCCCCC(=O)c2ccc3cc(O)c(O)cc3c2)ccc(C(=O)O)c1O. The summed E-state index contributed by atoms with van der Waals surface area (Å²) in [4.78, 5) is 23.8. The fourth-order valence-electron chi connectivity index (χ4n) is 4.11. The van der Waals surface area contributed by atoms with Gasteiger partial charge in [0.15, 0.2) is 17.3 Å². The van der Waals surface area contributed by atoms with E-state index in [1.54, 1.807) is 24.3 Å². The van der Waals surface area contributed by atoms with Crippen LogP contribution in [0.4, 0.5) is 0 Å². The molecule has 0 aliphatic carbocycles. The van der Waals surface area contributed by atoms with E-state index < -0.39 is 5.97 Å². The number of phenols is 3. The third kappa shape index (κ3) is 6.66. The predicted molar refractivity (Wildman–Crippen MR) is 134 cm³/mol. The number of aromatic carboxylic acids is 1. The third-order valence-corrected chi connectivity index (χ3v) is 6.03. The molecular formula is C28H32O7. The number of phenolic OH excluding ortho intramolecular Hbond substituents is 2. The molecule has 0 aromatic heterocycles. The quantitative estimate of drug-likeness (QED) is 0.130. The van der Waals surface area contributed by atoms with E-state index in [2.05, 4.69) is 0 Å². The van der Waals surface area contributed by atoms with Crippen molar-refractivity contribution in [1.82, 2.24) is 0 Å². The molecule has 4 N–H and O–H groups in total. The molecule has 0 fully saturated rings. The average molecular weight is 481 g/mol. The van der Waals surface area contributed by atoms with Gasteiger partial charge in [0.2, 0.25) is 0 Å². The summed E-state index contributed by atoms with van der Waals surface area (Å²) in [6.45, 7) is 2.43. The Kier molecular flexibility index (Phi) is 8.95. The van der Waals surface area contributed by atoms with Crippen LogP contribution in [0.1, 0.15) is 78.1 Å². The molecule has 186 valence electrons. The Bertz CT molecular complexity index is 1200. The summed E-state index contributed by atoms with van der Waals surface area (Å²) in [5.41, 5.74) is 1.01. The first kappa shape index (κ1) is 25.9. The van der Waals surface area contributed by atoms with Crippen molar-refractivity contribution >= 4 is 22.5 Å². The molecule has 7 nitrogen and oxygen atoms in total. The lowest BCUT2D eigenvalue weighted by Gasteiger charge is -2.14. The number of rotatable bonds is 13. The van der Waals surface area contributed by atoms with Crippen LogP contribution in [0.25, 0.3) is 10.8 Å². The molecule has 3 aromatic rings. The molecule has 0 amide bonds. The van der Waals surface area contributed by atoms with Gasteiger partial charge in [0, 0.05) is 17.5 Å². The summed E-state index contributed by atoms with van der Waals surface area (Å²) in [6.07, 6.45) is 6.17. The summed E-state index contributed by atoms with van der Waals surface area (Å²) >= 11 is 0. The third-order valence-electron chi connectivity index (χ3n) is 6.03. The predicted octanol–water partition coefficient (Wildman–Crippen LogP) is 6.21. The molecule has 7 heteroatoms. The molecule has 0 radical (unpaired) electrons. The van der Waals surface area contributed by atoms with Crippen molar-refractivity contribution in [2.75, 3.05) is 6.61 Å². The van der Waals surface area contributed by atoms with E-state index in [0.717, 1.165) is 43.9 Å². The van der Waals surface area contributed by atoms with Crippen LogP contribution in [0.3, 0.4) is 0 Å². The minimum atomic E-state index is -1.16. The minimum absolute atomic E-state index is 0.0517. The molecule has 0 saturated carbocycles. The van der Waals surface area contributed by atoms with Gasteiger partial charge in [0.1, 0.15) is 17.1 Å². The van der Waals surface area contributed by atoms with E-state index in [9.17, 15) is 30.0 Å². The Balaban J connectivity index is 1.39. The molecule has 0 atom stereocenters. The second-order valence-corrected chi connectivity index (χ2v) is 8.69. The van der Waals surface area contributed by atoms with Gasteiger partial charge in [-0.2, -0.15) is 0 Å². The summed E-state index contributed by atoms with van der Waals surface area (Å²) in [5, 5.41) is 40.2. The Morgan fingerprint density at radius 1 is 0.829 bits per heavy atom. The number of carbonyl (C=O) groups is 2. The van der Waals surface area contributed by atoms with Gasteiger partial charge in [-0.3, -0.25) is 4.79 Å². The second-order valence-electron chi connectivity index (χ2n) is 8.69. The highest BCUT2D eigenvalue weighted by molar-refractivity contribution is 6.00. The lowest BCUT2D eigenvalue weighted by molar-refractivity contribution is 0.0693. The summed E-state index contributed by atoms with van der Waals surface area (Å²) in [7, 11) is 0. The van der Waals surface area contributed by atoms with E-state index in [0.29, 0.717) is 41.7 Å². The van der Waals surface area contributed by atoms with Crippen molar-refractivity contribution < 1.29 is 34.8 Å². The van der Waals surface area contributed by atoms with Crippen LogP contribution in [0.2, 0.25) is 0 Å². The van der Waals surface area contributed by atoms with Crippen LogP contribution < -0.4 is 4.74 Å². The average Bonchev–Trinajstić information content (AvgIpc) is 2.82. The van der Waals surface area contributed by atoms with Crippen LogP contribution in [0.5, 0.6) is 23.0 Å². The second kappa shape index (κ2) is 12.1. The molecule has 0 saturated heterocycles. The van der Waals surface area contributed by atoms with Crippen LogP contribution in [0.15, 0.2) is 42.5 Å². The van der Waals surface area contributed by atoms with Crippen molar-refractivity contribution in [3.63, 3.8) is 0 Å². The maximum atomic E-state index is 12.5. The number of fused-ring (bicyclic) bond motifs is 1. The molecule has 0 unspecified atom stereocenters. The first-order valence-corrected chi connectivity index (χ1v) is 12.0. The van der Waals surface area contributed by atoms with Gasteiger partial charge in [-0.25, -0.2) is 4.79 Å². The van der Waals surface area contributed by atoms with Crippen LogP contribution >= 0.6 is 0 Å². The number of aromatic hydroxyl groups is 3. The maximum Gasteiger partial charge on any atom is 0.339 e. The van der Waals surface area contributed by atoms with Crippen molar-refractivity contribution in [3.8, 4) is 23.0 Å². The molecule has 3 aromatic carbocycles. The molecule has 0 aliphatic rings.